The van der Waals surface area contributed by atoms with Crippen LogP contribution in [-0.2, 0) is 19.4 Å². The number of benzene rings is 2. The Bertz CT molecular complexity index is 775. The minimum atomic E-state index is -0.277. The molecule has 0 aromatic heterocycles. The number of nitrogens with one attached hydrogen (secondary N) is 2. The maximum atomic E-state index is 12.2. The quantitative estimate of drug-likeness (QED) is 0.895. The number of urea groups is 1. The lowest BCUT2D eigenvalue weighted by molar-refractivity contribution is 0.251. The van der Waals surface area contributed by atoms with Crippen LogP contribution in [0.3, 0.4) is 0 Å². The zero-order chi connectivity index (χ0) is 16.5. The predicted molar refractivity (Wildman–Crippen MR) is 92.2 cm³/mol. The largest absolute Gasteiger partial charge is 0.493 e. The molecule has 6 heteroatoms. The van der Waals surface area contributed by atoms with Gasteiger partial charge in [0.05, 0.1) is 13.2 Å². The van der Waals surface area contributed by atoms with Gasteiger partial charge in [-0.05, 0) is 24.3 Å². The molecule has 0 atom stereocenters. The van der Waals surface area contributed by atoms with Gasteiger partial charge in [0.25, 0.3) is 0 Å². The molecule has 0 bridgehead atoms. The molecule has 2 aliphatic rings. The monoisotopic (exact) mass is 344 g/mol. The third-order valence-electron chi connectivity index (χ3n) is 4.27. The second kappa shape index (κ2) is 6.24. The van der Waals surface area contributed by atoms with Crippen molar-refractivity contribution in [2.24, 2.45) is 0 Å². The highest BCUT2D eigenvalue weighted by atomic mass is 35.5. The van der Waals surface area contributed by atoms with Gasteiger partial charge < -0.3 is 20.1 Å². The lowest BCUT2D eigenvalue weighted by Crippen LogP contribution is -2.28. The van der Waals surface area contributed by atoms with Gasteiger partial charge in [-0.25, -0.2) is 4.79 Å². The lowest BCUT2D eigenvalue weighted by atomic mass is 9.99. The fraction of sp³-hybridized carbons (Fsp3) is 0.278. The third kappa shape index (κ3) is 2.87. The summed E-state index contributed by atoms with van der Waals surface area (Å²) in [6.07, 6.45) is 1.73. The number of carbonyl (C=O) groups is 1. The molecule has 0 unspecified atom stereocenters. The van der Waals surface area contributed by atoms with Gasteiger partial charge in [-0.15, -0.1) is 0 Å². The molecule has 2 amide bonds. The number of rotatable bonds is 3. The molecule has 2 aliphatic heterocycles. The van der Waals surface area contributed by atoms with Gasteiger partial charge in [-0.3, -0.25) is 0 Å². The Morgan fingerprint density at radius 3 is 2.92 bits per heavy atom. The molecule has 2 heterocycles. The van der Waals surface area contributed by atoms with E-state index in [1.54, 1.807) is 24.3 Å². The summed E-state index contributed by atoms with van der Waals surface area (Å²) in [5.74, 6) is 1.83. The van der Waals surface area contributed by atoms with E-state index in [1.807, 2.05) is 0 Å². The number of amides is 2. The molecule has 0 saturated carbocycles. The van der Waals surface area contributed by atoms with E-state index >= 15 is 0 Å². The number of hydrogen-bond donors (Lipinski definition) is 2. The van der Waals surface area contributed by atoms with E-state index in [0.29, 0.717) is 30.5 Å². The van der Waals surface area contributed by atoms with E-state index < -0.39 is 0 Å². The van der Waals surface area contributed by atoms with Gasteiger partial charge in [0, 0.05) is 46.8 Å². The Balaban J connectivity index is 1.49. The van der Waals surface area contributed by atoms with Crippen LogP contribution in [0.5, 0.6) is 11.5 Å². The van der Waals surface area contributed by atoms with Crippen LogP contribution >= 0.6 is 11.6 Å². The lowest BCUT2D eigenvalue weighted by Gasteiger charge is -2.14. The Kier molecular flexibility index (Phi) is 3.94. The van der Waals surface area contributed by atoms with Crippen molar-refractivity contribution in [2.45, 2.75) is 19.4 Å². The van der Waals surface area contributed by atoms with Crippen molar-refractivity contribution < 1.29 is 14.3 Å². The van der Waals surface area contributed by atoms with Crippen LogP contribution in [0.15, 0.2) is 30.3 Å². The van der Waals surface area contributed by atoms with Gasteiger partial charge >= 0.3 is 6.03 Å². The summed E-state index contributed by atoms with van der Waals surface area (Å²) < 4.78 is 11.5. The fourth-order valence-corrected chi connectivity index (χ4v) is 3.37. The Hall–Kier alpha value is -2.40. The van der Waals surface area contributed by atoms with Gasteiger partial charge in [-0.2, -0.15) is 0 Å². The van der Waals surface area contributed by atoms with Crippen molar-refractivity contribution in [3.63, 3.8) is 0 Å². The van der Waals surface area contributed by atoms with E-state index in [-0.39, 0.29) is 6.03 Å². The smallest absolute Gasteiger partial charge is 0.319 e. The number of ether oxygens (including phenoxy) is 2. The highest BCUT2D eigenvalue weighted by molar-refractivity contribution is 6.30. The van der Waals surface area contributed by atoms with Crippen molar-refractivity contribution in [3.05, 3.63) is 52.0 Å². The molecule has 124 valence electrons. The Morgan fingerprint density at radius 1 is 1.17 bits per heavy atom. The maximum Gasteiger partial charge on any atom is 0.319 e. The number of fused-ring (bicyclic) bond motifs is 2. The highest BCUT2D eigenvalue weighted by Crippen LogP contribution is 2.40. The van der Waals surface area contributed by atoms with E-state index in [9.17, 15) is 4.79 Å². The maximum absolute atomic E-state index is 12.2. The van der Waals surface area contributed by atoms with Gasteiger partial charge in [-0.1, -0.05) is 17.7 Å². The Labute approximate surface area is 144 Å². The fourth-order valence-electron chi connectivity index (χ4n) is 3.18. The van der Waals surface area contributed by atoms with Crippen LogP contribution < -0.4 is 20.1 Å². The van der Waals surface area contributed by atoms with Gasteiger partial charge in [0.15, 0.2) is 0 Å². The van der Waals surface area contributed by atoms with E-state index in [4.69, 9.17) is 21.1 Å². The first-order valence-electron chi connectivity index (χ1n) is 7.94. The molecule has 5 nitrogen and oxygen atoms in total. The van der Waals surface area contributed by atoms with Crippen LogP contribution in [0.2, 0.25) is 5.02 Å². The van der Waals surface area contributed by atoms with Crippen molar-refractivity contribution >= 4 is 23.3 Å². The third-order valence-corrected chi connectivity index (χ3v) is 4.50. The molecule has 0 saturated heterocycles. The molecule has 2 aromatic rings. The molecule has 24 heavy (non-hydrogen) atoms. The van der Waals surface area contributed by atoms with E-state index in [2.05, 4.69) is 16.7 Å². The average Bonchev–Trinajstić information content (AvgIpc) is 3.20. The summed E-state index contributed by atoms with van der Waals surface area (Å²) in [5.41, 5.74) is 3.98. The average molecular weight is 345 g/mol. The summed E-state index contributed by atoms with van der Waals surface area (Å²) in [4.78, 5) is 12.2. The van der Waals surface area contributed by atoms with E-state index in [1.165, 1.54) is 0 Å². The number of hydrogen-bond acceptors (Lipinski definition) is 3. The summed E-state index contributed by atoms with van der Waals surface area (Å²) in [6.45, 7) is 1.77. The minimum Gasteiger partial charge on any atom is -0.493 e. The first kappa shape index (κ1) is 15.1. The summed E-state index contributed by atoms with van der Waals surface area (Å²) >= 11 is 5.93. The molecule has 4 rings (SSSR count). The normalized spacial score (nSPS) is 14.4. The predicted octanol–water partition coefficient (Wildman–Crippen LogP) is 3.53. The van der Waals surface area contributed by atoms with Crippen LogP contribution in [0.25, 0.3) is 0 Å². The summed E-state index contributed by atoms with van der Waals surface area (Å²) in [7, 11) is 0. The second-order valence-electron chi connectivity index (χ2n) is 5.84. The SMILES string of the molecule is O=C(NCc1c2c(cc3c1OCC3)OCC2)Nc1cccc(Cl)c1. The first-order chi connectivity index (χ1) is 11.7. The first-order valence-corrected chi connectivity index (χ1v) is 8.32. The zero-order valence-corrected chi connectivity index (χ0v) is 13.8. The standard InChI is InChI=1S/C18H17ClN2O3/c19-12-2-1-3-13(9-12)21-18(22)20-10-15-14-5-7-23-16(14)8-11-4-6-24-17(11)15/h1-3,8-9H,4-7,10H2,(H2,20,21,22). The van der Waals surface area contributed by atoms with Gasteiger partial charge in [0.1, 0.15) is 11.5 Å². The molecule has 2 N–H and O–H groups in total. The van der Waals surface area contributed by atoms with Crippen LogP contribution in [0.4, 0.5) is 10.5 Å². The van der Waals surface area contributed by atoms with Crippen molar-refractivity contribution in [1.82, 2.24) is 5.32 Å². The minimum absolute atomic E-state index is 0.277. The van der Waals surface area contributed by atoms with Crippen molar-refractivity contribution in [2.75, 3.05) is 18.5 Å². The second-order valence-corrected chi connectivity index (χ2v) is 6.27. The molecule has 0 radical (unpaired) electrons. The zero-order valence-electron chi connectivity index (χ0n) is 13.0. The number of anilines is 1. The van der Waals surface area contributed by atoms with Crippen LogP contribution in [0.1, 0.15) is 16.7 Å². The molecule has 2 aromatic carbocycles. The molecular weight excluding hydrogens is 328 g/mol. The molecule has 0 spiro atoms. The van der Waals surface area contributed by atoms with Crippen LogP contribution in [0, 0.1) is 0 Å². The molecule has 0 fully saturated rings. The van der Waals surface area contributed by atoms with Crippen molar-refractivity contribution in [3.8, 4) is 11.5 Å². The van der Waals surface area contributed by atoms with Gasteiger partial charge in [0.2, 0.25) is 0 Å². The Morgan fingerprint density at radius 2 is 2.04 bits per heavy atom. The van der Waals surface area contributed by atoms with E-state index in [0.717, 1.165) is 41.0 Å². The number of carbonyl (C=O) groups excluding carboxylic acids is 1. The molecule has 0 aliphatic carbocycles. The summed E-state index contributed by atoms with van der Waals surface area (Å²) in [5, 5.41) is 6.26. The highest BCUT2D eigenvalue weighted by Gasteiger charge is 2.26. The number of halogens is 1. The van der Waals surface area contributed by atoms with Crippen LogP contribution in [-0.4, -0.2) is 19.2 Å². The van der Waals surface area contributed by atoms with Crippen molar-refractivity contribution in [1.29, 1.82) is 0 Å². The topological polar surface area (TPSA) is 59.6 Å². The summed E-state index contributed by atoms with van der Waals surface area (Å²) in [6, 6.07) is 8.84. The molecular formula is C18H17ClN2O3.